The van der Waals surface area contributed by atoms with Gasteiger partial charge in [-0.05, 0) is 6.92 Å². The summed E-state index contributed by atoms with van der Waals surface area (Å²) in [5.41, 5.74) is 0. The molecule has 0 aliphatic carbocycles. The quantitative estimate of drug-likeness (QED) is 0.593. The van der Waals surface area contributed by atoms with Crippen LogP contribution in [0.4, 0.5) is 0 Å². The summed E-state index contributed by atoms with van der Waals surface area (Å²) in [4.78, 5) is 6.98. The average Bonchev–Trinajstić information content (AvgIpc) is 2.15. The molecule has 0 spiro atoms. The van der Waals surface area contributed by atoms with Crippen LogP contribution >= 0.6 is 12.6 Å². The van der Waals surface area contributed by atoms with E-state index in [0.29, 0.717) is 0 Å². The highest BCUT2D eigenvalue weighted by Gasteiger charge is 1.97. The van der Waals surface area contributed by atoms with Gasteiger partial charge in [-0.15, -0.1) is 0 Å². The molecule has 9 heavy (non-hydrogen) atoms. The Balaban J connectivity index is 2.48. The maximum Gasteiger partial charge on any atom is 0.107 e. The highest BCUT2D eigenvalue weighted by Crippen LogP contribution is 1.99. The van der Waals surface area contributed by atoms with Gasteiger partial charge in [0.1, 0.15) is 5.82 Å². The fraction of sp³-hybridized carbons (Fsp3) is 0.333. The smallest absolute Gasteiger partial charge is 0.107 e. The lowest BCUT2D eigenvalue weighted by Gasteiger charge is -1.97. The first-order valence-electron chi connectivity index (χ1n) is 2.78. The summed E-state index contributed by atoms with van der Waals surface area (Å²) in [5, 5.41) is 0.135. The molecule has 3 heteroatoms. The van der Waals surface area contributed by atoms with Crippen molar-refractivity contribution in [3.8, 4) is 0 Å². The summed E-state index contributed by atoms with van der Waals surface area (Å²) in [7, 11) is 0. The molecule has 1 radical (unpaired) electrons. The highest BCUT2D eigenvalue weighted by atomic mass is 32.1. The van der Waals surface area contributed by atoms with Crippen LogP contribution in [0.1, 0.15) is 5.82 Å². The van der Waals surface area contributed by atoms with E-state index in [9.17, 15) is 0 Å². The van der Waals surface area contributed by atoms with E-state index in [-0.39, 0.29) is 5.25 Å². The molecule has 1 aromatic rings. The minimum atomic E-state index is 0.135. The fourth-order valence-corrected chi connectivity index (χ4v) is 0.806. The van der Waals surface area contributed by atoms with E-state index in [1.807, 2.05) is 0 Å². The normalized spacial score (nSPS) is 13.6. The van der Waals surface area contributed by atoms with Gasteiger partial charge in [0, 0.05) is 24.1 Å². The van der Waals surface area contributed by atoms with Crippen LogP contribution < -0.4 is 0 Å². The van der Waals surface area contributed by atoms with Gasteiger partial charge < -0.3 is 4.98 Å². The molecule has 2 nitrogen and oxygen atoms in total. The van der Waals surface area contributed by atoms with Crippen LogP contribution in [0.5, 0.6) is 0 Å². The van der Waals surface area contributed by atoms with Crippen molar-refractivity contribution >= 4 is 12.6 Å². The molecule has 1 aromatic heterocycles. The minimum Gasteiger partial charge on any atom is -0.349 e. The second-order valence-electron chi connectivity index (χ2n) is 1.89. The van der Waals surface area contributed by atoms with Gasteiger partial charge in [0.25, 0.3) is 0 Å². The summed E-state index contributed by atoms with van der Waals surface area (Å²) in [6.45, 7) is 3.72. The van der Waals surface area contributed by atoms with E-state index in [4.69, 9.17) is 0 Å². The molecule has 0 aliphatic rings. The Morgan fingerprint density at radius 3 is 3.11 bits per heavy atom. The topological polar surface area (TPSA) is 28.7 Å². The molecular weight excluding hydrogens is 132 g/mol. The number of thiol groups is 1. The highest BCUT2D eigenvalue weighted by molar-refractivity contribution is 7.81. The molecule has 0 saturated carbocycles. The SMILES string of the molecule is [CH2]C(S)Cc1ncc[nH]1. The van der Waals surface area contributed by atoms with Gasteiger partial charge in [0.05, 0.1) is 0 Å². The molecule has 0 bridgehead atoms. The number of rotatable bonds is 2. The molecular formula is C6H9N2S. The van der Waals surface area contributed by atoms with Crippen LogP contribution in [0.2, 0.25) is 0 Å². The Bertz CT molecular complexity index is 158. The summed E-state index contributed by atoms with van der Waals surface area (Å²) in [6, 6.07) is 0. The monoisotopic (exact) mass is 141 g/mol. The first-order valence-corrected chi connectivity index (χ1v) is 3.30. The Kier molecular flexibility index (Phi) is 2.16. The Labute approximate surface area is 60.1 Å². The third-order valence-corrected chi connectivity index (χ3v) is 1.17. The first kappa shape index (κ1) is 6.68. The van der Waals surface area contributed by atoms with Crippen LogP contribution in [0.25, 0.3) is 0 Å². The predicted molar refractivity (Wildman–Crippen MR) is 40.4 cm³/mol. The lowest BCUT2D eigenvalue weighted by molar-refractivity contribution is 0.926. The van der Waals surface area contributed by atoms with E-state index in [0.717, 1.165) is 12.2 Å². The van der Waals surface area contributed by atoms with Gasteiger partial charge in [0.15, 0.2) is 0 Å². The van der Waals surface area contributed by atoms with Crippen molar-refractivity contribution < 1.29 is 0 Å². The largest absolute Gasteiger partial charge is 0.349 e. The minimum absolute atomic E-state index is 0.135. The maximum absolute atomic E-state index is 4.11. The van der Waals surface area contributed by atoms with E-state index in [1.54, 1.807) is 12.4 Å². The van der Waals surface area contributed by atoms with E-state index >= 15 is 0 Å². The van der Waals surface area contributed by atoms with Crippen molar-refractivity contribution in [2.45, 2.75) is 11.7 Å². The Morgan fingerprint density at radius 2 is 2.67 bits per heavy atom. The second kappa shape index (κ2) is 2.92. The predicted octanol–water partition coefficient (Wildman–Crippen LogP) is 1.08. The van der Waals surface area contributed by atoms with Crippen molar-refractivity contribution in [2.75, 3.05) is 0 Å². The molecule has 0 aromatic carbocycles. The Morgan fingerprint density at radius 1 is 1.89 bits per heavy atom. The molecule has 1 unspecified atom stereocenters. The number of nitrogens with one attached hydrogen (secondary N) is 1. The fourth-order valence-electron chi connectivity index (χ4n) is 0.633. The van der Waals surface area contributed by atoms with Crippen molar-refractivity contribution in [2.24, 2.45) is 0 Å². The summed E-state index contributed by atoms with van der Waals surface area (Å²) >= 11 is 4.11. The van der Waals surface area contributed by atoms with Gasteiger partial charge >= 0.3 is 0 Å². The zero-order chi connectivity index (χ0) is 6.69. The molecule has 1 rings (SSSR count). The molecule has 0 saturated heterocycles. The summed E-state index contributed by atoms with van der Waals surface area (Å²) in [6.07, 6.45) is 4.33. The zero-order valence-corrected chi connectivity index (χ0v) is 5.94. The van der Waals surface area contributed by atoms with E-state index in [1.165, 1.54) is 0 Å². The van der Waals surface area contributed by atoms with Gasteiger partial charge in [-0.25, -0.2) is 4.98 Å². The van der Waals surface area contributed by atoms with Crippen LogP contribution in [-0.2, 0) is 6.42 Å². The van der Waals surface area contributed by atoms with Gasteiger partial charge in [-0.2, -0.15) is 12.6 Å². The van der Waals surface area contributed by atoms with Gasteiger partial charge in [-0.1, -0.05) is 0 Å². The molecule has 0 amide bonds. The molecule has 1 atom stereocenters. The van der Waals surface area contributed by atoms with Gasteiger partial charge in [0.2, 0.25) is 0 Å². The van der Waals surface area contributed by atoms with Crippen molar-refractivity contribution in [1.82, 2.24) is 9.97 Å². The lowest BCUT2D eigenvalue weighted by Crippen LogP contribution is -1.98. The average molecular weight is 141 g/mol. The third-order valence-electron chi connectivity index (χ3n) is 0.984. The number of hydrogen-bond acceptors (Lipinski definition) is 2. The molecule has 0 aliphatic heterocycles. The molecule has 0 fully saturated rings. The number of hydrogen-bond donors (Lipinski definition) is 2. The maximum atomic E-state index is 4.11. The molecule has 1 N–H and O–H groups in total. The van der Waals surface area contributed by atoms with Crippen molar-refractivity contribution in [3.63, 3.8) is 0 Å². The summed E-state index contributed by atoms with van der Waals surface area (Å²) < 4.78 is 0. The molecule has 49 valence electrons. The number of aromatic amines is 1. The number of aromatic nitrogens is 2. The first-order chi connectivity index (χ1) is 4.29. The number of nitrogens with zero attached hydrogens (tertiary/aromatic N) is 1. The van der Waals surface area contributed by atoms with Gasteiger partial charge in [-0.3, -0.25) is 0 Å². The van der Waals surface area contributed by atoms with Crippen LogP contribution in [0, 0.1) is 6.92 Å². The van der Waals surface area contributed by atoms with Crippen LogP contribution in [0.15, 0.2) is 12.4 Å². The van der Waals surface area contributed by atoms with E-state index < -0.39 is 0 Å². The second-order valence-corrected chi connectivity index (χ2v) is 2.62. The third kappa shape index (κ3) is 2.10. The lowest BCUT2D eigenvalue weighted by atomic mass is 10.3. The zero-order valence-electron chi connectivity index (χ0n) is 5.04. The number of H-pyrrole nitrogens is 1. The number of imidazole rings is 1. The van der Waals surface area contributed by atoms with Crippen LogP contribution in [-0.4, -0.2) is 15.2 Å². The Hall–Kier alpha value is -0.440. The summed E-state index contributed by atoms with van der Waals surface area (Å²) in [5.74, 6) is 0.949. The van der Waals surface area contributed by atoms with Crippen molar-refractivity contribution in [1.29, 1.82) is 0 Å². The standard InChI is InChI=1S/C6H9N2S/c1-5(9)4-6-7-2-3-8-6/h2-3,5,9H,1,4H2,(H,7,8). The van der Waals surface area contributed by atoms with Crippen molar-refractivity contribution in [3.05, 3.63) is 25.1 Å². The molecule has 1 heterocycles. The van der Waals surface area contributed by atoms with Crippen LogP contribution in [0.3, 0.4) is 0 Å². The van der Waals surface area contributed by atoms with E-state index in [2.05, 4.69) is 29.5 Å².